The minimum atomic E-state index is -0.227. The van der Waals surface area contributed by atoms with Crippen LogP contribution in [0.4, 0.5) is 0 Å². The normalized spacial score (nSPS) is 10.4. The van der Waals surface area contributed by atoms with E-state index >= 15 is 0 Å². The second-order valence-corrected chi connectivity index (χ2v) is 2.88. The molecule has 1 aromatic heterocycles. The van der Waals surface area contributed by atoms with Crippen LogP contribution in [0.5, 0.6) is 11.5 Å². The van der Waals surface area contributed by atoms with Gasteiger partial charge in [-0.2, -0.15) is 0 Å². The van der Waals surface area contributed by atoms with Gasteiger partial charge in [0.15, 0.2) is 16.9 Å². The maximum absolute atomic E-state index is 11.4. The highest BCUT2D eigenvalue weighted by molar-refractivity contribution is 5.87. The van der Waals surface area contributed by atoms with Gasteiger partial charge in [-0.15, -0.1) is 0 Å². The molecule has 0 saturated heterocycles. The van der Waals surface area contributed by atoms with Crippen molar-refractivity contribution in [3.63, 3.8) is 0 Å². The lowest BCUT2D eigenvalue weighted by molar-refractivity contribution is 0.376. The van der Waals surface area contributed by atoms with E-state index in [0.717, 1.165) is 0 Å². The van der Waals surface area contributed by atoms with Gasteiger partial charge in [0.1, 0.15) is 0 Å². The van der Waals surface area contributed by atoms with Crippen LogP contribution in [0.15, 0.2) is 29.2 Å². The van der Waals surface area contributed by atoms with E-state index < -0.39 is 0 Å². The van der Waals surface area contributed by atoms with Gasteiger partial charge in [0.25, 0.3) is 0 Å². The lowest BCUT2D eigenvalue weighted by Crippen LogP contribution is -2.00. The first-order valence-corrected chi connectivity index (χ1v) is 4.11. The van der Waals surface area contributed by atoms with Gasteiger partial charge < -0.3 is 14.8 Å². The van der Waals surface area contributed by atoms with E-state index in [1.165, 1.54) is 19.4 Å². The van der Waals surface area contributed by atoms with Crippen LogP contribution < -0.4 is 10.2 Å². The smallest absolute Gasteiger partial charge is 0.193 e. The number of nitrogens with one attached hydrogen (secondary N) is 1. The van der Waals surface area contributed by atoms with E-state index in [4.69, 9.17) is 4.74 Å². The summed E-state index contributed by atoms with van der Waals surface area (Å²) in [5.41, 5.74) is 0.367. The Bertz CT molecular complexity index is 530. The molecule has 4 heteroatoms. The third-order valence-electron chi connectivity index (χ3n) is 2.08. The maximum atomic E-state index is 11.4. The van der Waals surface area contributed by atoms with Crippen LogP contribution in [-0.4, -0.2) is 17.2 Å². The van der Waals surface area contributed by atoms with Crippen LogP contribution in [0.3, 0.4) is 0 Å². The number of hydrogen-bond donors (Lipinski definition) is 2. The Kier molecular flexibility index (Phi) is 1.89. The van der Waals surface area contributed by atoms with Gasteiger partial charge in [-0.1, -0.05) is 0 Å². The average molecular weight is 191 g/mol. The Labute approximate surface area is 79.8 Å². The van der Waals surface area contributed by atoms with E-state index in [9.17, 15) is 9.90 Å². The molecule has 2 N–H and O–H groups in total. The van der Waals surface area contributed by atoms with Crippen LogP contribution in [0, 0.1) is 0 Å². The first-order valence-electron chi connectivity index (χ1n) is 4.11. The van der Waals surface area contributed by atoms with E-state index in [0.29, 0.717) is 11.3 Å². The molecule has 1 heterocycles. The van der Waals surface area contributed by atoms with Crippen molar-refractivity contribution in [3.8, 4) is 11.5 Å². The molecule has 0 spiro atoms. The molecule has 0 amide bonds. The molecular formula is C10H9NO3. The molecule has 14 heavy (non-hydrogen) atoms. The van der Waals surface area contributed by atoms with Crippen LogP contribution in [0.2, 0.25) is 0 Å². The van der Waals surface area contributed by atoms with E-state index in [1.807, 2.05) is 0 Å². The van der Waals surface area contributed by atoms with E-state index in [-0.39, 0.29) is 16.6 Å². The minimum Gasteiger partial charge on any atom is -0.504 e. The number of phenolic OH excluding ortho intramolecular Hbond substituents is 1. The molecule has 0 radical (unpaired) electrons. The van der Waals surface area contributed by atoms with Gasteiger partial charge in [-0.3, -0.25) is 4.79 Å². The first kappa shape index (κ1) is 8.62. The number of ether oxygens (including phenoxy) is 1. The Hall–Kier alpha value is -1.97. The van der Waals surface area contributed by atoms with Gasteiger partial charge in [-0.25, -0.2) is 0 Å². The van der Waals surface area contributed by atoms with Crippen molar-refractivity contribution in [1.82, 2.24) is 4.98 Å². The minimum absolute atomic E-state index is 0.119. The number of hydrogen-bond acceptors (Lipinski definition) is 3. The Balaban J connectivity index is 2.94. The zero-order chi connectivity index (χ0) is 10.1. The second kappa shape index (κ2) is 3.06. The molecule has 2 aromatic rings. The van der Waals surface area contributed by atoms with Gasteiger partial charge >= 0.3 is 0 Å². The van der Waals surface area contributed by atoms with Gasteiger partial charge in [-0.05, 0) is 12.1 Å². The molecule has 4 nitrogen and oxygen atoms in total. The molecule has 0 unspecified atom stereocenters. The SMILES string of the molecule is COc1ccc2[nH]ccc(=O)c2c1O. The zero-order valence-corrected chi connectivity index (χ0v) is 7.57. The maximum Gasteiger partial charge on any atom is 0.193 e. The number of methoxy groups -OCH3 is 1. The second-order valence-electron chi connectivity index (χ2n) is 2.88. The molecule has 2 rings (SSSR count). The highest BCUT2D eigenvalue weighted by atomic mass is 16.5. The molecule has 0 aliphatic rings. The molecular weight excluding hydrogens is 182 g/mol. The largest absolute Gasteiger partial charge is 0.504 e. The summed E-state index contributed by atoms with van der Waals surface area (Å²) in [6.07, 6.45) is 1.54. The van der Waals surface area contributed by atoms with Gasteiger partial charge in [0.2, 0.25) is 0 Å². The summed E-state index contributed by atoms with van der Waals surface area (Å²) in [6, 6.07) is 4.66. The van der Waals surface area contributed by atoms with Crippen LogP contribution >= 0.6 is 0 Å². The fourth-order valence-corrected chi connectivity index (χ4v) is 1.40. The van der Waals surface area contributed by atoms with Crippen LogP contribution in [-0.2, 0) is 0 Å². The summed E-state index contributed by atoms with van der Waals surface area (Å²) >= 11 is 0. The van der Waals surface area contributed by atoms with Crippen LogP contribution in [0.25, 0.3) is 10.9 Å². The van der Waals surface area contributed by atoms with Gasteiger partial charge in [0.05, 0.1) is 18.0 Å². The lowest BCUT2D eigenvalue weighted by atomic mass is 10.2. The number of aromatic amines is 1. The molecule has 0 aliphatic heterocycles. The first-order chi connectivity index (χ1) is 6.74. The number of aromatic hydroxyl groups is 1. The quantitative estimate of drug-likeness (QED) is 0.712. The van der Waals surface area contributed by atoms with Crippen molar-refractivity contribution < 1.29 is 9.84 Å². The zero-order valence-electron chi connectivity index (χ0n) is 7.57. The molecule has 1 aromatic carbocycles. The van der Waals surface area contributed by atoms with Crippen molar-refractivity contribution in [2.24, 2.45) is 0 Å². The van der Waals surface area contributed by atoms with Crippen molar-refractivity contribution in [1.29, 1.82) is 0 Å². The molecule has 0 atom stereocenters. The third kappa shape index (κ3) is 1.12. The fraction of sp³-hybridized carbons (Fsp3) is 0.100. The van der Waals surface area contributed by atoms with Crippen molar-refractivity contribution in [2.75, 3.05) is 7.11 Å². The monoisotopic (exact) mass is 191 g/mol. The number of rotatable bonds is 1. The van der Waals surface area contributed by atoms with E-state index in [1.54, 1.807) is 12.1 Å². The fourth-order valence-electron chi connectivity index (χ4n) is 1.40. The molecule has 0 saturated carbocycles. The summed E-state index contributed by atoms with van der Waals surface area (Å²) in [5, 5.41) is 9.94. The van der Waals surface area contributed by atoms with Crippen molar-refractivity contribution in [2.45, 2.75) is 0 Å². The molecule has 72 valence electrons. The summed E-state index contributed by atoms with van der Waals surface area (Å²) in [7, 11) is 1.44. The number of aromatic nitrogens is 1. The molecule has 0 fully saturated rings. The van der Waals surface area contributed by atoms with Crippen molar-refractivity contribution in [3.05, 3.63) is 34.6 Å². The Morgan fingerprint density at radius 2 is 2.14 bits per heavy atom. The topological polar surface area (TPSA) is 62.3 Å². The third-order valence-corrected chi connectivity index (χ3v) is 2.08. The Morgan fingerprint density at radius 1 is 1.36 bits per heavy atom. The highest BCUT2D eigenvalue weighted by Crippen LogP contribution is 2.30. The summed E-state index contributed by atoms with van der Waals surface area (Å²) in [6.45, 7) is 0. The standard InChI is InChI=1S/C10H9NO3/c1-14-8-3-2-6-9(10(8)13)7(12)4-5-11-6/h2-5,13H,1H3,(H,11,12). The number of phenols is 1. The molecule has 0 bridgehead atoms. The van der Waals surface area contributed by atoms with Crippen LogP contribution in [0.1, 0.15) is 0 Å². The lowest BCUT2D eigenvalue weighted by Gasteiger charge is -2.05. The number of fused-ring (bicyclic) bond motifs is 1. The van der Waals surface area contributed by atoms with Crippen molar-refractivity contribution >= 4 is 10.9 Å². The summed E-state index contributed by atoms with van der Waals surface area (Å²) in [4.78, 5) is 14.3. The number of H-pyrrole nitrogens is 1. The highest BCUT2D eigenvalue weighted by Gasteiger charge is 2.08. The Morgan fingerprint density at radius 3 is 2.86 bits per heavy atom. The predicted octanol–water partition coefficient (Wildman–Crippen LogP) is 1.24. The average Bonchev–Trinajstić information content (AvgIpc) is 2.18. The summed E-state index contributed by atoms with van der Waals surface area (Å²) < 4.78 is 4.91. The number of benzene rings is 1. The predicted molar refractivity (Wildman–Crippen MR) is 52.8 cm³/mol. The van der Waals surface area contributed by atoms with Gasteiger partial charge in [0, 0.05) is 12.3 Å². The number of pyridine rings is 1. The van der Waals surface area contributed by atoms with E-state index in [2.05, 4.69) is 4.98 Å². The summed E-state index contributed by atoms with van der Waals surface area (Å²) in [5.74, 6) is 0.182. The molecule has 0 aliphatic carbocycles.